The van der Waals surface area contributed by atoms with Crippen molar-refractivity contribution in [3.63, 3.8) is 0 Å². The summed E-state index contributed by atoms with van der Waals surface area (Å²) >= 11 is 0. The van der Waals surface area contributed by atoms with E-state index in [1.807, 2.05) is 48.7 Å². The van der Waals surface area contributed by atoms with Gasteiger partial charge in [-0.05, 0) is 48.6 Å². The number of fused-ring (bicyclic) bond motifs is 1. The first-order valence-corrected chi connectivity index (χ1v) is 10.1. The molecule has 1 heterocycles. The van der Waals surface area contributed by atoms with Gasteiger partial charge in [0.15, 0.2) is 0 Å². The molecule has 0 aliphatic heterocycles. The number of anilines is 1. The second-order valence-electron chi connectivity index (χ2n) is 7.46. The maximum absolute atomic E-state index is 12.6. The Morgan fingerprint density at radius 3 is 2.37 bits per heavy atom. The molecule has 0 bridgehead atoms. The first-order chi connectivity index (χ1) is 13.3. The van der Waals surface area contributed by atoms with Crippen LogP contribution in [0.4, 0.5) is 5.69 Å². The van der Waals surface area contributed by atoms with Crippen molar-refractivity contribution in [2.45, 2.75) is 50.9 Å². The van der Waals surface area contributed by atoms with Crippen LogP contribution in [0.2, 0.25) is 0 Å². The van der Waals surface area contributed by atoms with Crippen molar-refractivity contribution in [3.8, 4) is 0 Å². The highest BCUT2D eigenvalue weighted by molar-refractivity contribution is 6.08. The number of hydrogen-bond donors (Lipinski definition) is 1. The number of nitrogens with zero attached hydrogens (tertiary/aromatic N) is 1. The number of pyridine rings is 1. The van der Waals surface area contributed by atoms with Crippen molar-refractivity contribution in [2.75, 3.05) is 5.32 Å². The Balaban J connectivity index is 1.67. The summed E-state index contributed by atoms with van der Waals surface area (Å²) in [5.74, 6) is 0.497. The van der Waals surface area contributed by atoms with Crippen LogP contribution in [0, 0.1) is 0 Å². The van der Waals surface area contributed by atoms with Crippen molar-refractivity contribution in [1.82, 2.24) is 4.98 Å². The van der Waals surface area contributed by atoms with E-state index in [0.717, 1.165) is 11.2 Å². The number of nitrogens with one attached hydrogen (secondary N) is 1. The fourth-order valence-electron chi connectivity index (χ4n) is 4.20. The Morgan fingerprint density at radius 2 is 1.59 bits per heavy atom. The third kappa shape index (κ3) is 4.02. The highest BCUT2D eigenvalue weighted by Crippen LogP contribution is 2.36. The Bertz CT molecular complexity index is 912. The third-order valence-electron chi connectivity index (χ3n) is 5.63. The second-order valence-corrected chi connectivity index (χ2v) is 7.46. The molecule has 1 fully saturated rings. The summed E-state index contributed by atoms with van der Waals surface area (Å²) < 4.78 is 0. The van der Waals surface area contributed by atoms with Gasteiger partial charge in [-0.1, -0.05) is 62.4 Å². The van der Waals surface area contributed by atoms with Gasteiger partial charge in [0.1, 0.15) is 0 Å². The van der Waals surface area contributed by atoms with Crippen LogP contribution in [-0.4, -0.2) is 10.9 Å². The topological polar surface area (TPSA) is 42.0 Å². The molecule has 0 spiro atoms. The van der Waals surface area contributed by atoms with E-state index in [9.17, 15) is 4.79 Å². The molecular weight excluding hydrogens is 332 g/mol. The summed E-state index contributed by atoms with van der Waals surface area (Å²) in [4.78, 5) is 17.2. The number of carbonyl (C=O) groups is 1. The van der Waals surface area contributed by atoms with E-state index >= 15 is 0 Å². The lowest BCUT2D eigenvalue weighted by Crippen LogP contribution is -2.13. The predicted octanol–water partition coefficient (Wildman–Crippen LogP) is 6.32. The van der Waals surface area contributed by atoms with E-state index in [-0.39, 0.29) is 5.91 Å². The van der Waals surface area contributed by atoms with Crippen LogP contribution in [0.25, 0.3) is 10.9 Å². The van der Waals surface area contributed by atoms with E-state index in [1.165, 1.54) is 55.9 Å². The maximum atomic E-state index is 12.6. The average molecular weight is 358 g/mol. The normalized spacial score (nSPS) is 15.9. The molecule has 1 aliphatic rings. The first kappa shape index (κ1) is 17.7. The minimum Gasteiger partial charge on any atom is -0.320 e. The maximum Gasteiger partial charge on any atom is 0.255 e. The van der Waals surface area contributed by atoms with Crippen LogP contribution in [-0.2, 0) is 0 Å². The highest BCUT2D eigenvalue weighted by atomic mass is 16.1. The largest absolute Gasteiger partial charge is 0.320 e. The van der Waals surface area contributed by atoms with Crippen molar-refractivity contribution in [1.29, 1.82) is 0 Å². The molecule has 27 heavy (non-hydrogen) atoms. The molecule has 0 radical (unpaired) electrons. The number of carbonyl (C=O) groups excluding carboxylic acids is 1. The van der Waals surface area contributed by atoms with E-state index in [2.05, 4.69) is 22.4 Å². The molecule has 3 aromatic rings. The number of rotatable bonds is 3. The Labute approximate surface area is 160 Å². The zero-order valence-corrected chi connectivity index (χ0v) is 15.7. The van der Waals surface area contributed by atoms with Crippen molar-refractivity contribution < 1.29 is 4.79 Å². The molecule has 0 saturated heterocycles. The molecule has 1 amide bonds. The Morgan fingerprint density at radius 1 is 0.852 bits per heavy atom. The fourth-order valence-corrected chi connectivity index (χ4v) is 4.20. The fraction of sp³-hybridized carbons (Fsp3) is 0.333. The molecule has 3 nitrogen and oxygen atoms in total. The molecule has 1 aromatic heterocycles. The smallest absolute Gasteiger partial charge is 0.255 e. The monoisotopic (exact) mass is 358 g/mol. The van der Waals surface area contributed by atoms with E-state index in [4.69, 9.17) is 0 Å². The summed E-state index contributed by atoms with van der Waals surface area (Å²) in [6, 6.07) is 17.7. The second kappa shape index (κ2) is 8.34. The average Bonchev–Trinajstić information content (AvgIpc) is 2.69. The predicted molar refractivity (Wildman–Crippen MR) is 111 cm³/mol. The van der Waals surface area contributed by atoms with Gasteiger partial charge in [0.2, 0.25) is 0 Å². The lowest BCUT2D eigenvalue weighted by Gasteiger charge is -2.22. The lowest BCUT2D eigenvalue weighted by molar-refractivity contribution is 0.102. The highest BCUT2D eigenvalue weighted by Gasteiger charge is 2.18. The van der Waals surface area contributed by atoms with Crippen LogP contribution < -0.4 is 5.32 Å². The van der Waals surface area contributed by atoms with Crippen LogP contribution in [0.15, 0.2) is 60.8 Å². The summed E-state index contributed by atoms with van der Waals surface area (Å²) in [6.07, 6.45) is 11.0. The molecule has 4 rings (SSSR count). The third-order valence-corrected chi connectivity index (χ3v) is 5.63. The van der Waals surface area contributed by atoms with Gasteiger partial charge in [0.05, 0.1) is 11.2 Å². The molecule has 1 N–H and O–H groups in total. The van der Waals surface area contributed by atoms with Gasteiger partial charge in [-0.2, -0.15) is 0 Å². The number of benzene rings is 2. The van der Waals surface area contributed by atoms with Crippen molar-refractivity contribution in [2.24, 2.45) is 0 Å². The zero-order valence-electron chi connectivity index (χ0n) is 15.7. The molecule has 138 valence electrons. The quantitative estimate of drug-likeness (QED) is 0.595. The molecule has 1 saturated carbocycles. The molecule has 3 heteroatoms. The summed E-state index contributed by atoms with van der Waals surface area (Å²) in [7, 11) is 0. The summed E-state index contributed by atoms with van der Waals surface area (Å²) in [5, 5.41) is 4.23. The summed E-state index contributed by atoms with van der Waals surface area (Å²) in [6.45, 7) is 0. The lowest BCUT2D eigenvalue weighted by atomic mass is 9.84. The minimum absolute atomic E-state index is 0.0961. The standard InChI is InChI=1S/C24H26N2O/c27-24(19-12-7-4-8-13-19)26-22-16-15-20(21-14-9-17-25-23(21)22)18-10-5-2-1-3-6-11-18/h4,7-9,12-18H,1-3,5-6,10-11H2,(H,26,27). The van der Waals surface area contributed by atoms with Gasteiger partial charge < -0.3 is 5.32 Å². The number of amides is 1. The van der Waals surface area contributed by atoms with Gasteiger partial charge in [-0.15, -0.1) is 0 Å². The minimum atomic E-state index is -0.0961. The molecule has 2 aromatic carbocycles. The van der Waals surface area contributed by atoms with Gasteiger partial charge in [-0.25, -0.2) is 0 Å². The van der Waals surface area contributed by atoms with E-state index < -0.39 is 0 Å². The van der Waals surface area contributed by atoms with Gasteiger partial charge >= 0.3 is 0 Å². The molecule has 1 aliphatic carbocycles. The summed E-state index contributed by atoms with van der Waals surface area (Å²) in [5.41, 5.74) is 3.72. The molecule has 0 unspecified atom stereocenters. The van der Waals surface area contributed by atoms with Crippen LogP contribution in [0.1, 0.15) is 66.8 Å². The molecular formula is C24H26N2O. The number of hydrogen-bond acceptors (Lipinski definition) is 2. The number of aromatic nitrogens is 1. The zero-order chi connectivity index (χ0) is 18.5. The van der Waals surface area contributed by atoms with Crippen LogP contribution >= 0.6 is 0 Å². The van der Waals surface area contributed by atoms with Gasteiger partial charge in [-0.3, -0.25) is 9.78 Å². The van der Waals surface area contributed by atoms with Crippen LogP contribution in [0.5, 0.6) is 0 Å². The Hall–Kier alpha value is -2.68. The van der Waals surface area contributed by atoms with E-state index in [1.54, 1.807) is 0 Å². The molecule has 0 atom stereocenters. The Kier molecular flexibility index (Phi) is 5.47. The van der Waals surface area contributed by atoms with Crippen molar-refractivity contribution >= 4 is 22.5 Å². The van der Waals surface area contributed by atoms with Crippen LogP contribution in [0.3, 0.4) is 0 Å². The first-order valence-electron chi connectivity index (χ1n) is 10.1. The SMILES string of the molecule is O=C(Nc1ccc(C2CCCCCCC2)c2cccnc12)c1ccccc1. The van der Waals surface area contributed by atoms with Gasteiger partial charge in [0, 0.05) is 17.1 Å². The van der Waals surface area contributed by atoms with Crippen molar-refractivity contribution in [3.05, 3.63) is 71.9 Å². The van der Waals surface area contributed by atoms with E-state index in [0.29, 0.717) is 11.5 Å². The van der Waals surface area contributed by atoms with Gasteiger partial charge in [0.25, 0.3) is 5.91 Å².